The molecule has 0 saturated heterocycles. The summed E-state index contributed by atoms with van der Waals surface area (Å²) >= 11 is 1.32. The third kappa shape index (κ3) is 3.05. The molecule has 2 aromatic heterocycles. The maximum atomic E-state index is 12.3. The molecule has 4 N–H and O–H groups in total. The molecule has 1 saturated carbocycles. The summed E-state index contributed by atoms with van der Waals surface area (Å²) in [5.74, 6) is 0.955. The molecule has 7 heteroatoms. The number of thiophene rings is 1. The second kappa shape index (κ2) is 6.58. The van der Waals surface area contributed by atoms with Crippen LogP contribution >= 0.6 is 11.3 Å². The molecule has 0 bridgehead atoms. The Balaban J connectivity index is 1.64. The van der Waals surface area contributed by atoms with Crippen LogP contribution in [0.25, 0.3) is 10.2 Å². The molecule has 3 rings (SSSR count). The molecule has 0 spiro atoms. The van der Waals surface area contributed by atoms with E-state index in [1.54, 1.807) is 5.38 Å². The van der Waals surface area contributed by atoms with Crippen molar-refractivity contribution in [3.63, 3.8) is 0 Å². The Morgan fingerprint density at radius 1 is 1.36 bits per heavy atom. The molecule has 2 aromatic rings. The number of nitrogens with two attached hydrogens (primary N) is 1. The molecular formula is C15H20N4O2S. The number of hydrogen-bond acceptors (Lipinski definition) is 5. The SMILES string of the molecule is NCC1CCC(CNC(=O)c2csc3nc[nH]c(=O)c23)CC1. The molecule has 1 aliphatic carbocycles. The van der Waals surface area contributed by atoms with Crippen molar-refractivity contribution in [1.82, 2.24) is 15.3 Å². The van der Waals surface area contributed by atoms with Crippen molar-refractivity contribution >= 4 is 27.5 Å². The predicted octanol–water partition coefficient (Wildman–Crippen LogP) is 1.48. The number of H-pyrrole nitrogens is 1. The van der Waals surface area contributed by atoms with Gasteiger partial charge in [0.05, 0.1) is 17.3 Å². The van der Waals surface area contributed by atoms with Crippen LogP contribution in [0.3, 0.4) is 0 Å². The summed E-state index contributed by atoms with van der Waals surface area (Å²) in [6.07, 6.45) is 5.85. The fraction of sp³-hybridized carbons (Fsp3) is 0.533. The standard InChI is InChI=1S/C15H20N4O2S/c16-5-9-1-3-10(4-2-9)6-17-13(20)11-7-22-15-12(11)14(21)18-8-19-15/h7-10H,1-6,16H2,(H,17,20)(H,18,19,21). The van der Waals surface area contributed by atoms with Gasteiger partial charge in [-0.05, 0) is 44.1 Å². The van der Waals surface area contributed by atoms with Crippen LogP contribution in [0, 0.1) is 11.8 Å². The molecule has 0 aromatic carbocycles. The fourth-order valence-corrected chi connectivity index (χ4v) is 3.94. The summed E-state index contributed by atoms with van der Waals surface area (Å²) < 4.78 is 0. The summed E-state index contributed by atoms with van der Waals surface area (Å²) in [7, 11) is 0. The monoisotopic (exact) mass is 320 g/mol. The van der Waals surface area contributed by atoms with Crippen LogP contribution in [0.15, 0.2) is 16.5 Å². The van der Waals surface area contributed by atoms with E-state index in [9.17, 15) is 9.59 Å². The second-order valence-electron chi connectivity index (χ2n) is 5.89. The number of carbonyl (C=O) groups is 1. The molecule has 1 amide bonds. The Hall–Kier alpha value is -1.73. The number of carbonyl (C=O) groups excluding carboxylic acids is 1. The second-order valence-corrected chi connectivity index (χ2v) is 6.75. The highest BCUT2D eigenvalue weighted by atomic mass is 32.1. The van der Waals surface area contributed by atoms with Crippen molar-refractivity contribution < 1.29 is 4.79 Å². The average Bonchev–Trinajstić information content (AvgIpc) is 2.98. The van der Waals surface area contributed by atoms with Gasteiger partial charge in [-0.3, -0.25) is 9.59 Å². The van der Waals surface area contributed by atoms with Crippen LogP contribution < -0.4 is 16.6 Å². The molecule has 0 atom stereocenters. The third-order valence-electron chi connectivity index (χ3n) is 4.47. The number of nitrogens with one attached hydrogen (secondary N) is 2. The summed E-state index contributed by atoms with van der Waals surface area (Å²) in [6, 6.07) is 0. The topological polar surface area (TPSA) is 101 Å². The highest BCUT2D eigenvalue weighted by molar-refractivity contribution is 7.17. The van der Waals surface area contributed by atoms with Crippen LogP contribution in [-0.4, -0.2) is 29.0 Å². The van der Waals surface area contributed by atoms with Gasteiger partial charge in [0.2, 0.25) is 0 Å². The minimum absolute atomic E-state index is 0.189. The lowest BCUT2D eigenvalue weighted by atomic mass is 9.82. The average molecular weight is 320 g/mol. The molecule has 0 aliphatic heterocycles. The number of aromatic nitrogens is 2. The molecule has 1 fully saturated rings. The van der Waals surface area contributed by atoms with Gasteiger partial charge in [-0.1, -0.05) is 0 Å². The maximum absolute atomic E-state index is 12.3. The molecule has 2 heterocycles. The summed E-state index contributed by atoms with van der Waals surface area (Å²) in [4.78, 5) is 31.4. The summed E-state index contributed by atoms with van der Waals surface area (Å²) in [5.41, 5.74) is 5.85. The maximum Gasteiger partial charge on any atom is 0.260 e. The fourth-order valence-electron chi connectivity index (χ4n) is 3.05. The van der Waals surface area contributed by atoms with Crippen molar-refractivity contribution in [3.05, 3.63) is 27.6 Å². The van der Waals surface area contributed by atoms with E-state index >= 15 is 0 Å². The lowest BCUT2D eigenvalue weighted by molar-refractivity contribution is 0.0943. The van der Waals surface area contributed by atoms with Gasteiger partial charge >= 0.3 is 0 Å². The highest BCUT2D eigenvalue weighted by Crippen LogP contribution is 2.27. The summed E-state index contributed by atoms with van der Waals surface area (Å²) in [6.45, 7) is 1.42. The smallest absolute Gasteiger partial charge is 0.260 e. The van der Waals surface area contributed by atoms with E-state index in [1.807, 2.05) is 0 Å². The van der Waals surface area contributed by atoms with Crippen molar-refractivity contribution in [2.24, 2.45) is 17.6 Å². The van der Waals surface area contributed by atoms with Gasteiger partial charge in [0.1, 0.15) is 4.83 Å². The van der Waals surface area contributed by atoms with Crippen LogP contribution in [0.2, 0.25) is 0 Å². The van der Waals surface area contributed by atoms with Gasteiger partial charge in [0, 0.05) is 11.9 Å². The summed E-state index contributed by atoms with van der Waals surface area (Å²) in [5, 5.41) is 5.05. The van der Waals surface area contributed by atoms with E-state index in [0.29, 0.717) is 34.2 Å². The lowest BCUT2D eigenvalue weighted by Crippen LogP contribution is -2.32. The highest BCUT2D eigenvalue weighted by Gasteiger charge is 2.22. The Bertz CT molecular complexity index is 716. The van der Waals surface area contributed by atoms with Crippen LogP contribution in [0.1, 0.15) is 36.0 Å². The van der Waals surface area contributed by atoms with Gasteiger partial charge < -0.3 is 16.0 Å². The van der Waals surface area contributed by atoms with Gasteiger partial charge in [-0.15, -0.1) is 11.3 Å². The minimum atomic E-state index is -0.264. The van der Waals surface area contributed by atoms with Crippen LogP contribution in [-0.2, 0) is 0 Å². The first kappa shape index (κ1) is 15.2. The predicted molar refractivity (Wildman–Crippen MR) is 87.1 cm³/mol. The van der Waals surface area contributed by atoms with E-state index in [-0.39, 0.29) is 11.5 Å². The number of hydrogen-bond donors (Lipinski definition) is 3. The molecule has 0 radical (unpaired) electrons. The molecule has 1 aliphatic rings. The van der Waals surface area contributed by atoms with E-state index in [1.165, 1.54) is 17.7 Å². The van der Waals surface area contributed by atoms with Crippen molar-refractivity contribution in [3.8, 4) is 0 Å². The lowest BCUT2D eigenvalue weighted by Gasteiger charge is -2.27. The number of amides is 1. The van der Waals surface area contributed by atoms with Crippen molar-refractivity contribution in [2.45, 2.75) is 25.7 Å². The normalized spacial score (nSPS) is 21.9. The van der Waals surface area contributed by atoms with Gasteiger partial charge in [0.15, 0.2) is 0 Å². The minimum Gasteiger partial charge on any atom is -0.352 e. The first-order chi connectivity index (χ1) is 10.7. The van der Waals surface area contributed by atoms with Gasteiger partial charge in [0.25, 0.3) is 11.5 Å². The van der Waals surface area contributed by atoms with Gasteiger partial charge in [-0.2, -0.15) is 0 Å². The number of rotatable bonds is 4. The first-order valence-electron chi connectivity index (χ1n) is 7.62. The largest absolute Gasteiger partial charge is 0.352 e. The molecule has 6 nitrogen and oxygen atoms in total. The van der Waals surface area contributed by atoms with Crippen molar-refractivity contribution in [1.29, 1.82) is 0 Å². The third-order valence-corrected chi connectivity index (χ3v) is 5.36. The molecule has 118 valence electrons. The van der Waals surface area contributed by atoms with Crippen LogP contribution in [0.4, 0.5) is 0 Å². The zero-order valence-corrected chi connectivity index (χ0v) is 13.1. The zero-order valence-electron chi connectivity index (χ0n) is 12.3. The molecule has 0 unspecified atom stereocenters. The van der Waals surface area contributed by atoms with E-state index < -0.39 is 0 Å². The van der Waals surface area contributed by atoms with E-state index in [4.69, 9.17) is 5.73 Å². The van der Waals surface area contributed by atoms with Gasteiger partial charge in [-0.25, -0.2) is 4.98 Å². The molecule has 22 heavy (non-hydrogen) atoms. The first-order valence-corrected chi connectivity index (χ1v) is 8.50. The Labute approximate surface area is 132 Å². The Morgan fingerprint density at radius 2 is 2.09 bits per heavy atom. The van der Waals surface area contributed by atoms with E-state index in [2.05, 4.69) is 15.3 Å². The van der Waals surface area contributed by atoms with Crippen molar-refractivity contribution in [2.75, 3.05) is 13.1 Å². The van der Waals surface area contributed by atoms with Crippen LogP contribution in [0.5, 0.6) is 0 Å². The van der Waals surface area contributed by atoms with E-state index in [0.717, 1.165) is 32.2 Å². The zero-order chi connectivity index (χ0) is 15.5. The Morgan fingerprint density at radius 3 is 2.82 bits per heavy atom. The Kier molecular flexibility index (Phi) is 4.54. The number of aromatic amines is 1. The number of nitrogens with zero attached hydrogens (tertiary/aromatic N) is 1. The molecular weight excluding hydrogens is 300 g/mol. The number of fused-ring (bicyclic) bond motifs is 1. The quantitative estimate of drug-likeness (QED) is 0.794.